The number of pyridine rings is 1. The SMILES string of the molecule is CC[C@@H](Nc1nc(NCc2ccccn2)c2ncn(C(C)C)c2n1)C(C)O. The lowest BCUT2D eigenvalue weighted by Gasteiger charge is -2.20. The van der Waals surface area contributed by atoms with Crippen LogP contribution in [0.2, 0.25) is 0 Å². The number of hydrogen-bond donors (Lipinski definition) is 3. The van der Waals surface area contributed by atoms with Gasteiger partial charge in [-0.3, -0.25) is 4.98 Å². The number of nitrogens with zero attached hydrogens (tertiary/aromatic N) is 5. The van der Waals surface area contributed by atoms with E-state index in [0.717, 1.165) is 23.3 Å². The van der Waals surface area contributed by atoms with E-state index in [0.29, 0.717) is 18.3 Å². The van der Waals surface area contributed by atoms with Crippen LogP contribution in [0.3, 0.4) is 0 Å². The molecule has 0 fully saturated rings. The normalized spacial score (nSPS) is 13.7. The van der Waals surface area contributed by atoms with Gasteiger partial charge in [0.15, 0.2) is 17.0 Å². The van der Waals surface area contributed by atoms with E-state index in [1.807, 2.05) is 29.7 Å². The average molecular weight is 369 g/mol. The predicted octanol–water partition coefficient (Wildman–Crippen LogP) is 2.99. The minimum atomic E-state index is -0.505. The van der Waals surface area contributed by atoms with Crippen LogP contribution in [-0.2, 0) is 6.54 Å². The highest BCUT2D eigenvalue weighted by atomic mass is 16.3. The Kier molecular flexibility index (Phi) is 5.85. The minimum Gasteiger partial charge on any atom is -0.391 e. The summed E-state index contributed by atoms with van der Waals surface area (Å²) in [6, 6.07) is 5.90. The second-order valence-electron chi connectivity index (χ2n) is 6.89. The zero-order valence-electron chi connectivity index (χ0n) is 16.2. The number of aliphatic hydroxyl groups is 1. The average Bonchev–Trinajstić information content (AvgIpc) is 3.09. The molecule has 0 bridgehead atoms. The van der Waals surface area contributed by atoms with E-state index < -0.39 is 6.10 Å². The minimum absolute atomic E-state index is 0.124. The standard InChI is InChI=1S/C19H27N7O/c1-5-15(13(4)27)23-19-24-17(21-10-14-8-6-7-9-20-14)16-18(25-19)26(11-22-16)12(2)3/h6-9,11-13,15,27H,5,10H2,1-4H3,(H2,21,23,24,25)/t13?,15-/m1/s1. The summed E-state index contributed by atoms with van der Waals surface area (Å²) in [4.78, 5) is 18.1. The Morgan fingerprint density at radius 2 is 1.96 bits per heavy atom. The highest BCUT2D eigenvalue weighted by Gasteiger charge is 2.18. The number of anilines is 2. The fourth-order valence-corrected chi connectivity index (χ4v) is 2.89. The molecule has 3 aromatic rings. The smallest absolute Gasteiger partial charge is 0.227 e. The van der Waals surface area contributed by atoms with Gasteiger partial charge in [-0.2, -0.15) is 9.97 Å². The Bertz CT molecular complexity index is 876. The van der Waals surface area contributed by atoms with Crippen molar-refractivity contribution >= 4 is 22.9 Å². The fourth-order valence-electron chi connectivity index (χ4n) is 2.89. The van der Waals surface area contributed by atoms with Crippen molar-refractivity contribution in [2.45, 2.75) is 58.8 Å². The number of rotatable bonds is 8. The maximum atomic E-state index is 9.95. The summed E-state index contributed by atoms with van der Waals surface area (Å²) in [6.07, 6.45) is 3.81. The molecule has 0 saturated carbocycles. The van der Waals surface area contributed by atoms with Crippen LogP contribution in [0.25, 0.3) is 11.2 Å². The molecule has 0 aliphatic rings. The van der Waals surface area contributed by atoms with Gasteiger partial charge in [0.25, 0.3) is 0 Å². The van der Waals surface area contributed by atoms with Crippen molar-refractivity contribution in [3.8, 4) is 0 Å². The van der Waals surface area contributed by atoms with Gasteiger partial charge in [-0.05, 0) is 39.3 Å². The molecule has 3 rings (SSSR count). The molecule has 3 N–H and O–H groups in total. The quantitative estimate of drug-likeness (QED) is 0.561. The summed E-state index contributed by atoms with van der Waals surface area (Å²) < 4.78 is 2.01. The van der Waals surface area contributed by atoms with Crippen molar-refractivity contribution in [3.05, 3.63) is 36.4 Å². The Hall–Kier alpha value is -2.74. The molecule has 3 aromatic heterocycles. The summed E-state index contributed by atoms with van der Waals surface area (Å²) >= 11 is 0. The first-order valence-corrected chi connectivity index (χ1v) is 9.32. The van der Waals surface area contributed by atoms with Gasteiger partial charge in [0, 0.05) is 12.2 Å². The van der Waals surface area contributed by atoms with Gasteiger partial charge in [0.05, 0.1) is 30.7 Å². The Morgan fingerprint density at radius 3 is 2.59 bits per heavy atom. The van der Waals surface area contributed by atoms with Gasteiger partial charge in [-0.1, -0.05) is 13.0 Å². The van der Waals surface area contributed by atoms with Crippen LogP contribution in [0.5, 0.6) is 0 Å². The van der Waals surface area contributed by atoms with Crippen molar-refractivity contribution < 1.29 is 5.11 Å². The first kappa shape index (κ1) is 19.0. The summed E-state index contributed by atoms with van der Waals surface area (Å²) in [5.41, 5.74) is 2.39. The van der Waals surface area contributed by atoms with Gasteiger partial charge in [0.1, 0.15) is 0 Å². The molecule has 27 heavy (non-hydrogen) atoms. The molecule has 0 saturated heterocycles. The molecule has 0 spiro atoms. The molecule has 8 heteroatoms. The first-order valence-electron chi connectivity index (χ1n) is 9.32. The van der Waals surface area contributed by atoms with Gasteiger partial charge in [0.2, 0.25) is 5.95 Å². The van der Waals surface area contributed by atoms with E-state index in [9.17, 15) is 5.11 Å². The summed E-state index contributed by atoms with van der Waals surface area (Å²) in [7, 11) is 0. The maximum absolute atomic E-state index is 9.95. The van der Waals surface area contributed by atoms with E-state index in [1.54, 1.807) is 19.4 Å². The molecule has 0 amide bonds. The highest BCUT2D eigenvalue weighted by Crippen LogP contribution is 2.24. The van der Waals surface area contributed by atoms with Crippen molar-refractivity contribution in [3.63, 3.8) is 0 Å². The molecule has 144 valence electrons. The number of aliphatic hydroxyl groups excluding tert-OH is 1. The third-order valence-electron chi connectivity index (χ3n) is 4.48. The van der Waals surface area contributed by atoms with E-state index in [2.05, 4.69) is 44.4 Å². The summed E-state index contributed by atoms with van der Waals surface area (Å²) in [5.74, 6) is 1.12. The Morgan fingerprint density at radius 1 is 1.15 bits per heavy atom. The zero-order valence-corrected chi connectivity index (χ0v) is 16.2. The first-order chi connectivity index (χ1) is 13.0. The van der Waals surface area contributed by atoms with E-state index >= 15 is 0 Å². The van der Waals surface area contributed by atoms with Crippen LogP contribution in [0, 0.1) is 0 Å². The maximum Gasteiger partial charge on any atom is 0.227 e. The molecule has 2 atom stereocenters. The van der Waals surface area contributed by atoms with E-state index in [-0.39, 0.29) is 12.1 Å². The number of fused-ring (bicyclic) bond motifs is 1. The Labute approximate surface area is 159 Å². The van der Waals surface area contributed by atoms with Crippen LogP contribution in [-0.4, -0.2) is 41.8 Å². The largest absolute Gasteiger partial charge is 0.391 e. The van der Waals surface area contributed by atoms with Crippen molar-refractivity contribution in [1.29, 1.82) is 0 Å². The summed E-state index contributed by atoms with van der Waals surface area (Å²) in [6.45, 7) is 8.48. The Balaban J connectivity index is 1.96. The van der Waals surface area contributed by atoms with Crippen LogP contribution in [0.15, 0.2) is 30.7 Å². The topological polar surface area (TPSA) is 101 Å². The van der Waals surface area contributed by atoms with E-state index in [1.165, 1.54) is 0 Å². The van der Waals surface area contributed by atoms with Crippen molar-refractivity contribution in [2.24, 2.45) is 0 Å². The number of hydrogen-bond acceptors (Lipinski definition) is 7. The van der Waals surface area contributed by atoms with Crippen LogP contribution in [0.1, 0.15) is 45.9 Å². The second-order valence-corrected chi connectivity index (χ2v) is 6.89. The monoisotopic (exact) mass is 369 g/mol. The molecule has 0 aromatic carbocycles. The van der Waals surface area contributed by atoms with Crippen LogP contribution < -0.4 is 10.6 Å². The highest BCUT2D eigenvalue weighted by molar-refractivity contribution is 5.84. The predicted molar refractivity (Wildman–Crippen MR) is 107 cm³/mol. The number of imidazole rings is 1. The molecule has 0 radical (unpaired) electrons. The van der Waals surface area contributed by atoms with Crippen LogP contribution >= 0.6 is 0 Å². The fraction of sp³-hybridized carbons (Fsp3) is 0.474. The van der Waals surface area contributed by atoms with Gasteiger partial charge in [-0.25, -0.2) is 4.98 Å². The van der Waals surface area contributed by atoms with Gasteiger partial charge < -0.3 is 20.3 Å². The zero-order chi connectivity index (χ0) is 19.4. The molecular formula is C19H27N7O. The molecule has 0 aliphatic carbocycles. The molecule has 1 unspecified atom stereocenters. The number of nitrogens with one attached hydrogen (secondary N) is 2. The molecule has 3 heterocycles. The third-order valence-corrected chi connectivity index (χ3v) is 4.48. The van der Waals surface area contributed by atoms with Crippen LogP contribution in [0.4, 0.5) is 11.8 Å². The summed E-state index contributed by atoms with van der Waals surface area (Å²) in [5, 5.41) is 16.5. The van der Waals surface area contributed by atoms with Gasteiger partial charge >= 0.3 is 0 Å². The van der Waals surface area contributed by atoms with Crippen molar-refractivity contribution in [1.82, 2.24) is 24.5 Å². The number of aromatic nitrogens is 5. The molecular weight excluding hydrogens is 342 g/mol. The lowest BCUT2D eigenvalue weighted by Crippen LogP contribution is -2.31. The van der Waals surface area contributed by atoms with E-state index in [4.69, 9.17) is 0 Å². The van der Waals surface area contributed by atoms with Crippen molar-refractivity contribution in [2.75, 3.05) is 10.6 Å². The second kappa shape index (κ2) is 8.30. The molecule has 8 nitrogen and oxygen atoms in total. The lowest BCUT2D eigenvalue weighted by molar-refractivity contribution is 0.169. The van der Waals surface area contributed by atoms with Gasteiger partial charge in [-0.15, -0.1) is 0 Å². The lowest BCUT2D eigenvalue weighted by atomic mass is 10.1. The molecule has 0 aliphatic heterocycles. The third kappa shape index (κ3) is 4.33.